The minimum Gasteiger partial charge on any atom is -0.380 e. The zero-order chi connectivity index (χ0) is 22.5. The van der Waals surface area contributed by atoms with E-state index in [9.17, 15) is 40.2 Å². The number of allylic oxidation sites excluding steroid dienone is 1. The first-order chi connectivity index (χ1) is 13.7. The van der Waals surface area contributed by atoms with Crippen molar-refractivity contribution in [3.05, 3.63) is 17.5 Å². The zero-order valence-corrected chi connectivity index (χ0v) is 15.7. The molecular formula is C17H18F8N4O. The summed E-state index contributed by atoms with van der Waals surface area (Å²) in [5.41, 5.74) is -0.450. The van der Waals surface area contributed by atoms with E-state index >= 15 is 0 Å². The maximum atomic E-state index is 14.3. The lowest BCUT2D eigenvalue weighted by Gasteiger charge is -2.38. The van der Waals surface area contributed by atoms with Crippen molar-refractivity contribution in [2.45, 2.75) is 56.7 Å². The van der Waals surface area contributed by atoms with E-state index in [0.717, 1.165) is 11.8 Å². The van der Waals surface area contributed by atoms with Crippen LogP contribution in [0.3, 0.4) is 0 Å². The number of anilines is 1. The quantitative estimate of drug-likeness (QED) is 0.695. The molecule has 1 saturated heterocycles. The summed E-state index contributed by atoms with van der Waals surface area (Å²) in [7, 11) is 0. The molecule has 1 aromatic rings. The number of aliphatic hydroxyl groups is 1. The molecule has 1 aromatic heterocycles. The van der Waals surface area contributed by atoms with Crippen molar-refractivity contribution in [2.24, 2.45) is 5.92 Å². The van der Waals surface area contributed by atoms with E-state index in [1.807, 2.05) is 0 Å². The molecule has 5 nitrogen and oxygen atoms in total. The van der Waals surface area contributed by atoms with Gasteiger partial charge in [0.15, 0.2) is 11.9 Å². The third-order valence-corrected chi connectivity index (χ3v) is 5.06. The fraction of sp³-hybridized carbons (Fsp3) is 0.706. The molecule has 3 rings (SSSR count). The Bertz CT molecular complexity index is 834. The van der Waals surface area contributed by atoms with Crippen LogP contribution >= 0.6 is 0 Å². The lowest BCUT2D eigenvalue weighted by atomic mass is 9.92. The average Bonchev–Trinajstić information content (AvgIpc) is 2.61. The van der Waals surface area contributed by atoms with E-state index in [2.05, 4.69) is 15.0 Å². The Balaban J connectivity index is 1.93. The highest BCUT2D eigenvalue weighted by atomic mass is 19.4. The van der Waals surface area contributed by atoms with Crippen LogP contribution in [-0.2, 0) is 6.42 Å². The van der Waals surface area contributed by atoms with Crippen molar-refractivity contribution in [3.63, 3.8) is 0 Å². The molecule has 0 amide bonds. The first-order valence-corrected chi connectivity index (χ1v) is 9.09. The SMILES string of the molecule is C[C@@H](CCc1nc(C2=C(F)C(O)C(F)(F)CC2)nc(N2CC(F)(F)C2)n1)C(F)(F)F. The second-order valence-corrected chi connectivity index (χ2v) is 7.56. The topological polar surface area (TPSA) is 62.1 Å². The van der Waals surface area contributed by atoms with Gasteiger partial charge in [-0.25, -0.2) is 26.9 Å². The number of halogens is 8. The fourth-order valence-electron chi connectivity index (χ4n) is 3.08. The Morgan fingerprint density at radius 3 is 2.33 bits per heavy atom. The minimum atomic E-state index is -4.47. The number of hydrogen-bond donors (Lipinski definition) is 1. The van der Waals surface area contributed by atoms with Gasteiger partial charge in [0.05, 0.1) is 19.0 Å². The second-order valence-electron chi connectivity index (χ2n) is 7.56. The highest BCUT2D eigenvalue weighted by Gasteiger charge is 2.47. The monoisotopic (exact) mass is 446 g/mol. The van der Waals surface area contributed by atoms with Gasteiger partial charge in [-0.15, -0.1) is 0 Å². The summed E-state index contributed by atoms with van der Waals surface area (Å²) in [6.07, 6.45) is -9.38. The molecule has 2 heterocycles. The number of aromatic nitrogens is 3. The summed E-state index contributed by atoms with van der Waals surface area (Å²) < 4.78 is 106. The van der Waals surface area contributed by atoms with Gasteiger partial charge >= 0.3 is 6.18 Å². The normalized spacial score (nSPS) is 24.6. The van der Waals surface area contributed by atoms with Gasteiger partial charge in [0.1, 0.15) is 11.7 Å². The Morgan fingerprint density at radius 1 is 1.13 bits per heavy atom. The van der Waals surface area contributed by atoms with Crippen molar-refractivity contribution in [1.29, 1.82) is 0 Å². The summed E-state index contributed by atoms with van der Waals surface area (Å²) in [6.45, 7) is -0.561. The van der Waals surface area contributed by atoms with Crippen molar-refractivity contribution in [3.8, 4) is 0 Å². The molecule has 1 aliphatic heterocycles. The van der Waals surface area contributed by atoms with Gasteiger partial charge in [0.2, 0.25) is 5.95 Å². The molecule has 168 valence electrons. The lowest BCUT2D eigenvalue weighted by molar-refractivity contribution is -0.171. The predicted octanol–water partition coefficient (Wildman–Crippen LogP) is 3.93. The fourth-order valence-corrected chi connectivity index (χ4v) is 3.08. The predicted molar refractivity (Wildman–Crippen MR) is 88.7 cm³/mol. The van der Waals surface area contributed by atoms with Gasteiger partial charge < -0.3 is 10.0 Å². The summed E-state index contributed by atoms with van der Waals surface area (Å²) >= 11 is 0. The summed E-state index contributed by atoms with van der Waals surface area (Å²) in [5.74, 6) is -11.0. The molecule has 0 bridgehead atoms. The zero-order valence-electron chi connectivity index (χ0n) is 15.7. The molecule has 0 saturated carbocycles. The first-order valence-electron chi connectivity index (χ1n) is 9.09. The molecule has 1 unspecified atom stereocenters. The molecule has 2 atom stereocenters. The molecule has 2 aliphatic rings. The maximum Gasteiger partial charge on any atom is 0.391 e. The molecule has 1 fully saturated rings. The first kappa shape index (κ1) is 22.6. The van der Waals surface area contributed by atoms with E-state index < -0.39 is 79.6 Å². The van der Waals surface area contributed by atoms with Crippen LogP contribution in [0.1, 0.15) is 37.8 Å². The third kappa shape index (κ3) is 4.65. The van der Waals surface area contributed by atoms with Gasteiger partial charge in [0.25, 0.3) is 11.8 Å². The summed E-state index contributed by atoms with van der Waals surface area (Å²) in [5, 5.41) is 9.49. The number of nitrogens with zero attached hydrogens (tertiary/aromatic N) is 4. The third-order valence-electron chi connectivity index (χ3n) is 5.06. The number of aryl methyl sites for hydroxylation is 1. The number of hydrogen-bond acceptors (Lipinski definition) is 5. The van der Waals surface area contributed by atoms with Crippen molar-refractivity contribution in [1.82, 2.24) is 15.0 Å². The van der Waals surface area contributed by atoms with Crippen LogP contribution in [0.2, 0.25) is 0 Å². The van der Waals surface area contributed by atoms with E-state index in [1.165, 1.54) is 0 Å². The standard InChI is InChI=1S/C17H18F8N4O/c1-8(17(23,24)25)2-3-10-26-13(9-4-5-16(21,22)12(30)11(9)18)28-14(27-10)29-6-15(19,20)7-29/h8,12,30H,2-7H2,1H3/t8-,12?/m0/s1. The van der Waals surface area contributed by atoms with E-state index in [0.29, 0.717) is 0 Å². The van der Waals surface area contributed by atoms with Gasteiger partial charge in [0, 0.05) is 18.4 Å². The Hall–Kier alpha value is -2.05. The summed E-state index contributed by atoms with van der Waals surface area (Å²) in [6, 6.07) is 0. The molecule has 0 aromatic carbocycles. The van der Waals surface area contributed by atoms with Crippen LogP contribution in [0.5, 0.6) is 0 Å². The molecule has 0 radical (unpaired) electrons. The molecule has 13 heteroatoms. The van der Waals surface area contributed by atoms with Crippen LogP contribution in [0.25, 0.3) is 5.57 Å². The average molecular weight is 446 g/mol. The molecule has 1 N–H and O–H groups in total. The van der Waals surface area contributed by atoms with Crippen LogP contribution in [-0.4, -0.2) is 57.3 Å². The number of alkyl halides is 7. The van der Waals surface area contributed by atoms with Gasteiger partial charge in [-0.1, -0.05) is 6.92 Å². The largest absolute Gasteiger partial charge is 0.391 e. The van der Waals surface area contributed by atoms with Crippen molar-refractivity contribution < 1.29 is 40.2 Å². The Kier molecular flexibility index (Phi) is 5.71. The second kappa shape index (κ2) is 7.57. The van der Waals surface area contributed by atoms with Gasteiger partial charge in [-0.2, -0.15) is 23.1 Å². The molecule has 1 aliphatic carbocycles. The Labute approximate surface area is 165 Å². The highest BCUT2D eigenvalue weighted by Crippen LogP contribution is 2.41. The van der Waals surface area contributed by atoms with Crippen LogP contribution < -0.4 is 4.90 Å². The van der Waals surface area contributed by atoms with Crippen molar-refractivity contribution in [2.75, 3.05) is 18.0 Å². The van der Waals surface area contributed by atoms with Gasteiger partial charge in [-0.05, 0) is 12.8 Å². The van der Waals surface area contributed by atoms with Crippen molar-refractivity contribution >= 4 is 11.5 Å². The number of rotatable bonds is 5. The Morgan fingerprint density at radius 2 is 1.77 bits per heavy atom. The van der Waals surface area contributed by atoms with Crippen LogP contribution in [0.4, 0.5) is 41.1 Å². The number of aliphatic hydroxyl groups excluding tert-OH is 1. The van der Waals surface area contributed by atoms with E-state index in [1.54, 1.807) is 0 Å². The molecule has 0 spiro atoms. The minimum absolute atomic E-state index is 0.214. The maximum absolute atomic E-state index is 14.3. The highest BCUT2D eigenvalue weighted by molar-refractivity contribution is 5.65. The van der Waals surface area contributed by atoms with Gasteiger partial charge in [-0.3, -0.25) is 0 Å². The van der Waals surface area contributed by atoms with E-state index in [4.69, 9.17) is 0 Å². The summed E-state index contributed by atoms with van der Waals surface area (Å²) in [4.78, 5) is 12.6. The molecular weight excluding hydrogens is 428 g/mol. The molecule has 30 heavy (non-hydrogen) atoms. The van der Waals surface area contributed by atoms with E-state index in [-0.39, 0.29) is 18.2 Å². The smallest absolute Gasteiger partial charge is 0.380 e. The lowest BCUT2D eigenvalue weighted by Crippen LogP contribution is -2.57. The van der Waals surface area contributed by atoms with Crippen LogP contribution in [0, 0.1) is 5.92 Å². The van der Waals surface area contributed by atoms with Crippen LogP contribution in [0.15, 0.2) is 5.83 Å².